The summed E-state index contributed by atoms with van der Waals surface area (Å²) in [7, 11) is 7.88. The molecule has 3 aromatic carbocycles. The number of ether oxygens (including phenoxy) is 19. The molecule has 20 heteroatoms. The number of esters is 1. The molecule has 0 radical (unpaired) electrons. The summed E-state index contributed by atoms with van der Waals surface area (Å²) < 4.78 is 122. The van der Waals surface area contributed by atoms with Crippen molar-refractivity contribution in [3.63, 3.8) is 0 Å². The Morgan fingerprint density at radius 3 is 1.56 bits per heavy atom. The summed E-state index contributed by atoms with van der Waals surface area (Å²) in [4.78, 5) is 12.4. The van der Waals surface area contributed by atoms with Gasteiger partial charge in [0.1, 0.15) is 91.0 Å². The summed E-state index contributed by atoms with van der Waals surface area (Å²) in [5, 5.41) is 0. The van der Waals surface area contributed by atoms with E-state index in [0.29, 0.717) is 11.5 Å². The van der Waals surface area contributed by atoms with Crippen molar-refractivity contribution in [3.05, 3.63) is 89.5 Å². The topological polar surface area (TPSA) is 192 Å². The van der Waals surface area contributed by atoms with E-state index in [9.17, 15) is 4.79 Å². The van der Waals surface area contributed by atoms with Gasteiger partial charge in [0.05, 0.1) is 53.9 Å². The van der Waals surface area contributed by atoms with Gasteiger partial charge in [0.15, 0.2) is 36.2 Å². The first-order valence-corrected chi connectivity index (χ1v) is 25.4. The molecule has 5 saturated heterocycles. The second kappa shape index (κ2) is 24.7. The minimum atomic E-state index is -1.33. The van der Waals surface area contributed by atoms with Crippen LogP contribution in [0.4, 0.5) is 0 Å². The molecule has 14 atom stereocenters. The Kier molecular flexibility index (Phi) is 18.8. The fourth-order valence-electron chi connectivity index (χ4n) is 10.1. The fourth-order valence-corrected chi connectivity index (χ4v) is 10.1. The molecule has 0 bridgehead atoms. The van der Waals surface area contributed by atoms with E-state index < -0.39 is 115 Å². The van der Waals surface area contributed by atoms with Gasteiger partial charge in [0, 0.05) is 21.1 Å². The third kappa shape index (κ3) is 14.2. The quantitative estimate of drug-likeness (QED) is 0.0750. The van der Waals surface area contributed by atoms with Gasteiger partial charge in [-0.05, 0) is 102 Å². The molecule has 5 fully saturated rings. The van der Waals surface area contributed by atoms with Crippen LogP contribution in [-0.4, -0.2) is 164 Å². The molecule has 20 nitrogen and oxygen atoms in total. The molecule has 0 aromatic heterocycles. The molecule has 0 aliphatic carbocycles. The lowest BCUT2D eigenvalue weighted by Gasteiger charge is -2.49. The normalized spacial score (nSPS) is 32.2. The Hall–Kier alpha value is -4.07. The lowest BCUT2D eigenvalue weighted by molar-refractivity contribution is -0.375. The van der Waals surface area contributed by atoms with Gasteiger partial charge in [-0.25, -0.2) is 0 Å². The third-order valence-corrected chi connectivity index (χ3v) is 13.6. The van der Waals surface area contributed by atoms with E-state index in [-0.39, 0.29) is 33.0 Å². The first-order chi connectivity index (χ1) is 35.8. The standard InChI is InChI=1S/C55H76O20/c1-31-41(63-26-33-14-20-36(57-9)21-15-33)44(64-27-34-16-22-37(58-10)23-17-34)47(65-28-35-18-24-38(59-11)25-19-35)51(67-31)70-48-46-43(72-54(5,6)74-46)39(29-62-32(2)56)68-52(48)69-42(40-30-66-53(3,4)71-40)45-49(50(60-12)61-13)75-55(7,8)73-45/h14-25,31,39-52H,26-30H2,1-13H3/t31-,39+,40+,41+,42+,43-,44+,45-,46-,47-,48+,49+,51-,52-/m0/s1. The van der Waals surface area contributed by atoms with Crippen molar-refractivity contribution in [1.82, 2.24) is 0 Å². The number of methoxy groups -OCH3 is 5. The van der Waals surface area contributed by atoms with Crippen LogP contribution in [0.1, 0.15) is 72.1 Å². The predicted molar refractivity (Wildman–Crippen MR) is 264 cm³/mol. The SMILES string of the molecule is COc1ccc(CO[C@H]2[C@H](OCc3ccc(OC)cc3)[C@H](O[C@H]3[C@H](O[C@@H]([C@@H]4OC(C)(C)O[C@H]4C(OC)OC)[C@H]4COC(C)(C)O4)O[C@H](COC(C)=O)[C@@H]4OC(C)(C)O[C@@H]43)O[C@@H](C)[C@H]2OCc2ccc(OC)cc2)cc1. The largest absolute Gasteiger partial charge is 0.497 e. The zero-order valence-electron chi connectivity index (χ0n) is 45.3. The maximum absolute atomic E-state index is 12.4. The van der Waals surface area contributed by atoms with Crippen LogP contribution in [0.5, 0.6) is 17.2 Å². The van der Waals surface area contributed by atoms with Gasteiger partial charge >= 0.3 is 5.97 Å². The van der Waals surface area contributed by atoms with Gasteiger partial charge in [-0.1, -0.05) is 36.4 Å². The molecule has 75 heavy (non-hydrogen) atoms. The van der Waals surface area contributed by atoms with Gasteiger partial charge in [-0.15, -0.1) is 0 Å². The van der Waals surface area contributed by atoms with E-state index in [1.165, 1.54) is 21.1 Å². The van der Waals surface area contributed by atoms with Crippen molar-refractivity contribution < 1.29 is 94.8 Å². The average Bonchev–Trinajstić information content (AvgIpc) is 4.04. The molecular formula is C55H76O20. The van der Waals surface area contributed by atoms with Crippen molar-refractivity contribution >= 4 is 5.97 Å². The Morgan fingerprint density at radius 1 is 0.573 bits per heavy atom. The predicted octanol–water partition coefficient (Wildman–Crippen LogP) is 6.38. The van der Waals surface area contributed by atoms with E-state index in [4.69, 9.17) is 90.0 Å². The molecule has 8 rings (SSSR count). The maximum Gasteiger partial charge on any atom is 0.302 e. The highest BCUT2D eigenvalue weighted by Gasteiger charge is 2.61. The Morgan fingerprint density at radius 2 is 1.07 bits per heavy atom. The van der Waals surface area contributed by atoms with Gasteiger partial charge in [0.25, 0.3) is 0 Å². The number of hydrogen-bond acceptors (Lipinski definition) is 20. The summed E-state index contributed by atoms with van der Waals surface area (Å²) in [6.07, 6.45) is -13.9. The van der Waals surface area contributed by atoms with Crippen LogP contribution in [0.3, 0.4) is 0 Å². The Bertz CT molecular complexity index is 2260. The van der Waals surface area contributed by atoms with Crippen molar-refractivity contribution in [2.75, 3.05) is 48.8 Å². The summed E-state index contributed by atoms with van der Waals surface area (Å²) in [5.74, 6) is -1.68. The number of carbonyl (C=O) groups excluding carboxylic acids is 1. The van der Waals surface area contributed by atoms with Crippen molar-refractivity contribution in [1.29, 1.82) is 0 Å². The van der Waals surface area contributed by atoms with Crippen molar-refractivity contribution in [3.8, 4) is 17.2 Å². The lowest BCUT2D eigenvalue weighted by Crippen LogP contribution is -2.65. The second-order valence-electron chi connectivity index (χ2n) is 20.5. The van der Waals surface area contributed by atoms with E-state index in [2.05, 4.69) is 0 Å². The van der Waals surface area contributed by atoms with Gasteiger partial charge in [0.2, 0.25) is 0 Å². The van der Waals surface area contributed by atoms with E-state index in [1.54, 1.807) is 49.0 Å². The summed E-state index contributed by atoms with van der Waals surface area (Å²) in [6.45, 7) is 14.4. The molecule has 3 aromatic rings. The van der Waals surface area contributed by atoms with E-state index >= 15 is 0 Å². The molecule has 0 saturated carbocycles. The molecule has 0 unspecified atom stereocenters. The van der Waals surface area contributed by atoms with E-state index in [0.717, 1.165) is 22.4 Å². The highest BCUT2D eigenvalue weighted by molar-refractivity contribution is 5.65. The summed E-state index contributed by atoms with van der Waals surface area (Å²) >= 11 is 0. The number of carbonyl (C=O) groups is 1. The van der Waals surface area contributed by atoms with Crippen LogP contribution >= 0.6 is 0 Å². The monoisotopic (exact) mass is 1060 g/mol. The number of benzene rings is 3. The molecule has 5 heterocycles. The number of fused-ring (bicyclic) bond motifs is 1. The van der Waals surface area contributed by atoms with Crippen LogP contribution in [0.2, 0.25) is 0 Å². The summed E-state index contributed by atoms with van der Waals surface area (Å²) in [5.41, 5.74) is 2.62. The van der Waals surface area contributed by atoms with Crippen LogP contribution < -0.4 is 14.2 Å². The summed E-state index contributed by atoms with van der Waals surface area (Å²) in [6, 6.07) is 22.8. The van der Waals surface area contributed by atoms with Crippen LogP contribution in [0, 0.1) is 0 Å². The first-order valence-electron chi connectivity index (χ1n) is 25.4. The highest BCUT2D eigenvalue weighted by Crippen LogP contribution is 2.44. The van der Waals surface area contributed by atoms with Gasteiger partial charge in [-0.2, -0.15) is 0 Å². The molecular weight excluding hydrogens is 981 g/mol. The lowest BCUT2D eigenvalue weighted by atomic mass is 9.96. The van der Waals surface area contributed by atoms with Gasteiger partial charge < -0.3 is 90.0 Å². The maximum atomic E-state index is 12.4. The van der Waals surface area contributed by atoms with Gasteiger partial charge in [-0.3, -0.25) is 4.79 Å². The molecule has 5 aliphatic heterocycles. The minimum Gasteiger partial charge on any atom is -0.497 e. The number of hydrogen-bond donors (Lipinski definition) is 0. The smallest absolute Gasteiger partial charge is 0.302 e. The zero-order chi connectivity index (χ0) is 53.7. The molecule has 0 spiro atoms. The van der Waals surface area contributed by atoms with E-state index in [1.807, 2.05) is 93.6 Å². The second-order valence-corrected chi connectivity index (χ2v) is 20.5. The highest BCUT2D eigenvalue weighted by atomic mass is 16.8. The third-order valence-electron chi connectivity index (χ3n) is 13.6. The molecule has 0 amide bonds. The average molecular weight is 1060 g/mol. The molecule has 416 valence electrons. The minimum absolute atomic E-state index is 0.108. The van der Waals surface area contributed by atoms with Crippen molar-refractivity contribution in [2.45, 2.75) is 185 Å². The van der Waals surface area contributed by atoms with Crippen LogP contribution in [-0.2, 0) is 100 Å². The van der Waals surface area contributed by atoms with Crippen LogP contribution in [0.25, 0.3) is 0 Å². The zero-order valence-corrected chi connectivity index (χ0v) is 45.3. The Labute approximate surface area is 439 Å². The van der Waals surface area contributed by atoms with Crippen LogP contribution in [0.15, 0.2) is 72.8 Å². The molecule has 5 aliphatic rings. The first kappa shape index (κ1) is 57.1. The number of rotatable bonds is 23. The fraction of sp³-hybridized carbons (Fsp3) is 0.655. The van der Waals surface area contributed by atoms with Crippen molar-refractivity contribution in [2.24, 2.45) is 0 Å². The Balaban J connectivity index is 1.19. The molecule has 0 N–H and O–H groups in total.